The summed E-state index contributed by atoms with van der Waals surface area (Å²) < 4.78 is 0. The number of nitrogens with two attached hydrogens (primary N) is 1. The van der Waals surface area contributed by atoms with E-state index >= 15 is 0 Å². The van der Waals surface area contributed by atoms with Crippen LogP contribution in [0.15, 0.2) is 12.3 Å². The summed E-state index contributed by atoms with van der Waals surface area (Å²) in [7, 11) is 0. The number of aromatic nitrogens is 2. The molecule has 1 saturated heterocycles. The third-order valence-corrected chi connectivity index (χ3v) is 2.95. The van der Waals surface area contributed by atoms with Crippen molar-refractivity contribution in [1.82, 2.24) is 14.9 Å². The molecule has 2 heterocycles. The Balaban J connectivity index is 1.92. The van der Waals surface area contributed by atoms with Gasteiger partial charge in [-0.15, -0.1) is 0 Å². The number of hydrogen-bond donors (Lipinski definition) is 1. The molecule has 15 heavy (non-hydrogen) atoms. The highest BCUT2D eigenvalue weighted by atomic mass is 35.5. The molecule has 5 heteroatoms. The molecule has 1 aliphatic rings. The average Bonchev–Trinajstić information content (AvgIpc) is 2.65. The van der Waals surface area contributed by atoms with Gasteiger partial charge in [-0.05, 0) is 43.1 Å². The first kappa shape index (κ1) is 10.8. The Labute approximate surface area is 94.5 Å². The molecule has 1 atom stereocenters. The predicted molar refractivity (Wildman–Crippen MR) is 59.5 cm³/mol. The molecule has 0 aromatic carbocycles. The molecule has 2 rings (SSSR count). The van der Waals surface area contributed by atoms with E-state index in [2.05, 4.69) is 14.9 Å². The van der Waals surface area contributed by atoms with Gasteiger partial charge < -0.3 is 5.73 Å². The summed E-state index contributed by atoms with van der Waals surface area (Å²) in [6.07, 6.45) is 2.89. The zero-order chi connectivity index (χ0) is 10.7. The summed E-state index contributed by atoms with van der Waals surface area (Å²) in [5.41, 5.74) is 6.62. The highest BCUT2D eigenvalue weighted by molar-refractivity contribution is 6.28. The summed E-state index contributed by atoms with van der Waals surface area (Å²) in [6.45, 7) is 3.79. The Bertz CT molecular complexity index is 331. The van der Waals surface area contributed by atoms with Gasteiger partial charge in [0, 0.05) is 19.3 Å². The first-order valence-electron chi connectivity index (χ1n) is 5.18. The van der Waals surface area contributed by atoms with Gasteiger partial charge in [-0.25, -0.2) is 9.97 Å². The van der Waals surface area contributed by atoms with Crippen molar-refractivity contribution in [3.05, 3.63) is 23.2 Å². The van der Waals surface area contributed by atoms with Crippen molar-refractivity contribution in [3.63, 3.8) is 0 Å². The number of nitrogens with zero attached hydrogens (tertiary/aromatic N) is 3. The lowest BCUT2D eigenvalue weighted by Crippen LogP contribution is -2.23. The van der Waals surface area contributed by atoms with Crippen molar-refractivity contribution >= 4 is 11.6 Å². The molecule has 0 saturated carbocycles. The summed E-state index contributed by atoms with van der Waals surface area (Å²) in [5, 5.41) is 0.321. The second-order valence-corrected chi connectivity index (χ2v) is 4.28. The fourth-order valence-corrected chi connectivity index (χ4v) is 2.10. The van der Waals surface area contributed by atoms with E-state index in [0.717, 1.165) is 31.9 Å². The van der Waals surface area contributed by atoms with Gasteiger partial charge >= 0.3 is 0 Å². The van der Waals surface area contributed by atoms with E-state index in [9.17, 15) is 0 Å². The van der Waals surface area contributed by atoms with E-state index in [4.69, 9.17) is 17.3 Å². The average molecular weight is 227 g/mol. The zero-order valence-electron chi connectivity index (χ0n) is 8.56. The van der Waals surface area contributed by atoms with Crippen LogP contribution in [0.25, 0.3) is 0 Å². The van der Waals surface area contributed by atoms with Crippen molar-refractivity contribution in [2.75, 3.05) is 19.6 Å². The first-order chi connectivity index (χ1) is 7.28. The van der Waals surface area contributed by atoms with Crippen molar-refractivity contribution in [2.24, 2.45) is 11.7 Å². The standard InChI is InChI=1S/C10H15ClN4/c11-10-13-3-1-9(14-10)7-15-4-2-8(5-12)6-15/h1,3,8H,2,4-7,12H2/t8-/m1/s1. The van der Waals surface area contributed by atoms with Crippen LogP contribution in [0.5, 0.6) is 0 Å². The maximum absolute atomic E-state index is 5.73. The van der Waals surface area contributed by atoms with Crippen molar-refractivity contribution in [2.45, 2.75) is 13.0 Å². The van der Waals surface area contributed by atoms with E-state index in [1.807, 2.05) is 6.07 Å². The second-order valence-electron chi connectivity index (χ2n) is 3.94. The molecule has 1 aromatic heterocycles. The molecular weight excluding hydrogens is 212 g/mol. The molecule has 1 aliphatic heterocycles. The lowest BCUT2D eigenvalue weighted by atomic mass is 10.1. The monoisotopic (exact) mass is 226 g/mol. The van der Waals surface area contributed by atoms with Crippen LogP contribution in [0, 0.1) is 5.92 Å². The summed E-state index contributed by atoms with van der Waals surface area (Å²) in [4.78, 5) is 10.4. The van der Waals surface area contributed by atoms with Gasteiger partial charge in [-0.3, -0.25) is 4.90 Å². The van der Waals surface area contributed by atoms with Crippen molar-refractivity contribution in [1.29, 1.82) is 0 Å². The molecule has 4 nitrogen and oxygen atoms in total. The van der Waals surface area contributed by atoms with Crippen LogP contribution in [0.1, 0.15) is 12.1 Å². The Morgan fingerprint density at radius 1 is 1.60 bits per heavy atom. The third kappa shape index (κ3) is 2.87. The molecule has 0 aliphatic carbocycles. The van der Waals surface area contributed by atoms with E-state index in [1.165, 1.54) is 6.42 Å². The molecule has 0 amide bonds. The van der Waals surface area contributed by atoms with Crippen LogP contribution in [0.3, 0.4) is 0 Å². The molecule has 0 unspecified atom stereocenters. The molecule has 82 valence electrons. The minimum absolute atomic E-state index is 0.321. The number of hydrogen-bond acceptors (Lipinski definition) is 4. The van der Waals surface area contributed by atoms with Gasteiger partial charge in [-0.2, -0.15) is 0 Å². The van der Waals surface area contributed by atoms with Gasteiger partial charge in [0.15, 0.2) is 0 Å². The van der Waals surface area contributed by atoms with Crippen molar-refractivity contribution < 1.29 is 0 Å². The lowest BCUT2D eigenvalue weighted by molar-refractivity contribution is 0.314. The fraction of sp³-hybridized carbons (Fsp3) is 0.600. The SMILES string of the molecule is NC[C@H]1CCN(Cc2ccnc(Cl)n2)C1. The lowest BCUT2D eigenvalue weighted by Gasteiger charge is -2.14. The predicted octanol–water partition coefficient (Wildman–Crippen LogP) is 0.911. The molecule has 1 fully saturated rings. The molecule has 0 spiro atoms. The molecule has 0 bridgehead atoms. The van der Waals surface area contributed by atoms with E-state index in [0.29, 0.717) is 11.2 Å². The largest absolute Gasteiger partial charge is 0.330 e. The second kappa shape index (κ2) is 4.88. The highest BCUT2D eigenvalue weighted by Crippen LogP contribution is 2.16. The Morgan fingerprint density at radius 2 is 2.47 bits per heavy atom. The maximum Gasteiger partial charge on any atom is 0.222 e. The highest BCUT2D eigenvalue weighted by Gasteiger charge is 2.21. The van der Waals surface area contributed by atoms with Crippen LogP contribution in [0.4, 0.5) is 0 Å². The number of rotatable bonds is 3. The number of likely N-dealkylation sites (tertiary alicyclic amines) is 1. The van der Waals surface area contributed by atoms with Crippen LogP contribution >= 0.6 is 11.6 Å². The molecule has 0 radical (unpaired) electrons. The minimum atomic E-state index is 0.321. The topological polar surface area (TPSA) is 55.0 Å². The smallest absolute Gasteiger partial charge is 0.222 e. The third-order valence-electron chi connectivity index (χ3n) is 2.77. The van der Waals surface area contributed by atoms with Gasteiger partial charge in [0.2, 0.25) is 5.28 Å². The van der Waals surface area contributed by atoms with E-state index < -0.39 is 0 Å². The Morgan fingerprint density at radius 3 is 3.13 bits per heavy atom. The van der Waals surface area contributed by atoms with Gasteiger partial charge in [-0.1, -0.05) is 0 Å². The zero-order valence-corrected chi connectivity index (χ0v) is 9.32. The van der Waals surface area contributed by atoms with Crippen LogP contribution < -0.4 is 5.73 Å². The van der Waals surface area contributed by atoms with Gasteiger partial charge in [0.1, 0.15) is 0 Å². The maximum atomic E-state index is 5.73. The van der Waals surface area contributed by atoms with E-state index in [1.54, 1.807) is 6.20 Å². The first-order valence-corrected chi connectivity index (χ1v) is 5.55. The molecular formula is C10H15ClN4. The summed E-state index contributed by atoms with van der Waals surface area (Å²) in [5.74, 6) is 0.641. The minimum Gasteiger partial charge on any atom is -0.330 e. The van der Waals surface area contributed by atoms with Crippen LogP contribution in [-0.2, 0) is 6.54 Å². The summed E-state index contributed by atoms with van der Waals surface area (Å²) >= 11 is 5.73. The molecule has 1 aromatic rings. The Hall–Kier alpha value is -0.710. The fourth-order valence-electron chi connectivity index (χ4n) is 1.94. The van der Waals surface area contributed by atoms with Gasteiger partial charge in [0.25, 0.3) is 0 Å². The normalized spacial score (nSPS) is 22.1. The van der Waals surface area contributed by atoms with Crippen LogP contribution in [-0.4, -0.2) is 34.5 Å². The quantitative estimate of drug-likeness (QED) is 0.779. The van der Waals surface area contributed by atoms with E-state index in [-0.39, 0.29) is 0 Å². The summed E-state index contributed by atoms with van der Waals surface area (Å²) in [6, 6.07) is 1.90. The van der Waals surface area contributed by atoms with Gasteiger partial charge in [0.05, 0.1) is 5.69 Å². The Kier molecular flexibility index (Phi) is 3.51. The van der Waals surface area contributed by atoms with Crippen molar-refractivity contribution in [3.8, 4) is 0 Å². The molecule has 2 N–H and O–H groups in total. The van der Waals surface area contributed by atoms with Crippen LogP contribution in [0.2, 0.25) is 5.28 Å². The number of halogens is 1.